The minimum Gasteiger partial charge on any atom is -0.341 e. The molecule has 0 radical (unpaired) electrons. The Morgan fingerprint density at radius 3 is 2.57 bits per heavy atom. The van der Waals surface area contributed by atoms with Crippen molar-refractivity contribution in [2.24, 2.45) is 13.0 Å². The van der Waals surface area contributed by atoms with E-state index in [1.807, 2.05) is 34.9 Å². The molecule has 80 valence electrons. The molecule has 0 aliphatic heterocycles. The monoisotopic (exact) mass is 197 g/mol. The maximum absolute atomic E-state index is 5.63. The zero-order chi connectivity index (χ0) is 10.4. The summed E-state index contributed by atoms with van der Waals surface area (Å²) in [6.45, 7) is 5.96. The first-order valence-electron chi connectivity index (χ1n) is 5.35. The first-order chi connectivity index (χ1) is 6.76. The molecule has 14 heavy (non-hydrogen) atoms. The van der Waals surface area contributed by atoms with Crippen molar-refractivity contribution in [2.75, 3.05) is 6.61 Å². The Labute approximate surface area is 86.3 Å². The third kappa shape index (κ3) is 3.50. The van der Waals surface area contributed by atoms with Crippen molar-refractivity contribution in [1.29, 1.82) is 0 Å². The Balaban J connectivity index is 2.21. The minimum absolute atomic E-state index is 0.664. The molecule has 1 aromatic rings. The van der Waals surface area contributed by atoms with Crippen molar-refractivity contribution in [1.82, 2.24) is 4.57 Å². The van der Waals surface area contributed by atoms with Crippen LogP contribution in [0, 0.1) is 5.92 Å². The van der Waals surface area contributed by atoms with Crippen molar-refractivity contribution in [3.05, 3.63) is 18.7 Å². The maximum atomic E-state index is 5.63. The second kappa shape index (κ2) is 5.81. The SMILES string of the molecule is CCC(CC)COCn1cc[n+](C)c1. The van der Waals surface area contributed by atoms with Gasteiger partial charge >= 0.3 is 0 Å². The van der Waals surface area contributed by atoms with Gasteiger partial charge < -0.3 is 4.74 Å². The van der Waals surface area contributed by atoms with Crippen LogP contribution in [0.25, 0.3) is 0 Å². The lowest BCUT2D eigenvalue weighted by Gasteiger charge is -2.10. The summed E-state index contributed by atoms with van der Waals surface area (Å²) in [4.78, 5) is 0. The molecule has 0 aliphatic carbocycles. The van der Waals surface area contributed by atoms with Crippen LogP contribution >= 0.6 is 0 Å². The molecule has 0 aromatic carbocycles. The van der Waals surface area contributed by atoms with E-state index in [0.717, 1.165) is 6.61 Å². The van der Waals surface area contributed by atoms with Crippen molar-refractivity contribution in [3.63, 3.8) is 0 Å². The summed E-state index contributed by atoms with van der Waals surface area (Å²) in [5.74, 6) is 0.708. The van der Waals surface area contributed by atoms with Gasteiger partial charge in [-0.2, -0.15) is 0 Å². The maximum Gasteiger partial charge on any atom is 0.245 e. The van der Waals surface area contributed by atoms with Gasteiger partial charge in [-0.15, -0.1) is 0 Å². The van der Waals surface area contributed by atoms with Gasteiger partial charge in [0.2, 0.25) is 6.33 Å². The molecule has 0 fully saturated rings. The van der Waals surface area contributed by atoms with Crippen LogP contribution in [0.4, 0.5) is 0 Å². The molecule has 3 heteroatoms. The van der Waals surface area contributed by atoms with Crippen LogP contribution < -0.4 is 4.57 Å². The number of ether oxygens (including phenoxy) is 1. The van der Waals surface area contributed by atoms with Crippen LogP contribution in [0.15, 0.2) is 18.7 Å². The molecule has 0 unspecified atom stereocenters. The van der Waals surface area contributed by atoms with Crippen molar-refractivity contribution in [2.45, 2.75) is 33.4 Å². The average Bonchev–Trinajstić information content (AvgIpc) is 2.59. The van der Waals surface area contributed by atoms with Gasteiger partial charge in [-0.3, -0.25) is 0 Å². The summed E-state index contributed by atoms with van der Waals surface area (Å²) in [5, 5.41) is 0. The summed E-state index contributed by atoms with van der Waals surface area (Å²) in [7, 11) is 2.01. The van der Waals surface area contributed by atoms with Gasteiger partial charge in [-0.1, -0.05) is 26.7 Å². The lowest BCUT2D eigenvalue weighted by atomic mass is 10.1. The van der Waals surface area contributed by atoms with E-state index < -0.39 is 0 Å². The van der Waals surface area contributed by atoms with E-state index >= 15 is 0 Å². The van der Waals surface area contributed by atoms with Crippen molar-refractivity contribution in [3.8, 4) is 0 Å². The van der Waals surface area contributed by atoms with Crippen LogP contribution in [-0.2, 0) is 18.5 Å². The van der Waals surface area contributed by atoms with Gasteiger partial charge in [0.1, 0.15) is 12.4 Å². The number of rotatable bonds is 6. The quantitative estimate of drug-likeness (QED) is 0.635. The number of hydrogen-bond acceptors (Lipinski definition) is 1. The topological polar surface area (TPSA) is 18.0 Å². The summed E-state index contributed by atoms with van der Waals surface area (Å²) < 4.78 is 9.68. The predicted molar refractivity (Wildman–Crippen MR) is 55.6 cm³/mol. The summed E-state index contributed by atoms with van der Waals surface area (Å²) >= 11 is 0. The van der Waals surface area contributed by atoms with Crippen LogP contribution in [0.2, 0.25) is 0 Å². The fraction of sp³-hybridized carbons (Fsp3) is 0.727. The number of aromatic nitrogens is 2. The molecule has 0 amide bonds. The average molecular weight is 197 g/mol. The molecule has 0 saturated heterocycles. The van der Waals surface area contributed by atoms with Gasteiger partial charge in [-0.25, -0.2) is 9.13 Å². The number of aryl methyl sites for hydroxylation is 1. The van der Waals surface area contributed by atoms with E-state index in [1.54, 1.807) is 0 Å². The van der Waals surface area contributed by atoms with Gasteiger partial charge in [0.15, 0.2) is 6.73 Å². The molecule has 1 rings (SSSR count). The molecule has 1 aromatic heterocycles. The highest BCUT2D eigenvalue weighted by Crippen LogP contribution is 2.07. The highest BCUT2D eigenvalue weighted by molar-refractivity contribution is 4.63. The number of nitrogens with zero attached hydrogens (tertiary/aromatic N) is 2. The first kappa shape index (κ1) is 11.2. The lowest BCUT2D eigenvalue weighted by Crippen LogP contribution is -2.24. The van der Waals surface area contributed by atoms with E-state index in [1.165, 1.54) is 12.8 Å². The van der Waals surface area contributed by atoms with E-state index in [9.17, 15) is 0 Å². The smallest absolute Gasteiger partial charge is 0.245 e. The number of imidazole rings is 1. The molecule has 1 heterocycles. The molecule has 0 atom stereocenters. The zero-order valence-electron chi connectivity index (χ0n) is 9.44. The van der Waals surface area contributed by atoms with Crippen molar-refractivity contribution >= 4 is 0 Å². The molecule has 0 N–H and O–H groups in total. The molecule has 0 bridgehead atoms. The van der Waals surface area contributed by atoms with Gasteiger partial charge in [0.25, 0.3) is 0 Å². The second-order valence-electron chi connectivity index (χ2n) is 3.78. The molecular weight excluding hydrogens is 176 g/mol. The van der Waals surface area contributed by atoms with Crippen LogP contribution in [0.5, 0.6) is 0 Å². The fourth-order valence-corrected chi connectivity index (χ4v) is 1.43. The molecule has 3 nitrogen and oxygen atoms in total. The predicted octanol–water partition coefficient (Wildman–Crippen LogP) is 1.72. The van der Waals surface area contributed by atoms with E-state index in [2.05, 4.69) is 13.8 Å². The Morgan fingerprint density at radius 2 is 2.07 bits per heavy atom. The van der Waals surface area contributed by atoms with Gasteiger partial charge in [-0.05, 0) is 5.92 Å². The summed E-state index contributed by atoms with van der Waals surface area (Å²) in [6, 6.07) is 0. The molecular formula is C11H21N2O+. The number of hydrogen-bond donors (Lipinski definition) is 0. The van der Waals surface area contributed by atoms with Crippen LogP contribution in [0.1, 0.15) is 26.7 Å². The van der Waals surface area contributed by atoms with Crippen LogP contribution in [0.3, 0.4) is 0 Å². The van der Waals surface area contributed by atoms with Gasteiger partial charge in [0, 0.05) is 0 Å². The van der Waals surface area contributed by atoms with E-state index in [4.69, 9.17) is 4.74 Å². The van der Waals surface area contributed by atoms with Gasteiger partial charge in [0.05, 0.1) is 13.7 Å². The lowest BCUT2D eigenvalue weighted by molar-refractivity contribution is -0.671. The molecule has 0 saturated carbocycles. The minimum atomic E-state index is 0.664. The summed E-state index contributed by atoms with van der Waals surface area (Å²) in [5.41, 5.74) is 0. The standard InChI is InChI=1S/C11H21N2O/c1-4-11(5-2)8-14-10-13-7-6-12(3)9-13/h6-7,9,11H,4-5,8,10H2,1-3H3/q+1. The fourth-order valence-electron chi connectivity index (χ4n) is 1.43. The van der Waals surface area contributed by atoms with Crippen molar-refractivity contribution < 1.29 is 9.30 Å². The normalized spacial score (nSPS) is 11.1. The Hall–Kier alpha value is -0.830. The Kier molecular flexibility index (Phi) is 4.66. The molecule has 0 aliphatic rings. The third-order valence-electron chi connectivity index (χ3n) is 2.57. The molecule has 0 spiro atoms. The zero-order valence-corrected chi connectivity index (χ0v) is 9.44. The van der Waals surface area contributed by atoms with E-state index in [0.29, 0.717) is 12.6 Å². The van der Waals surface area contributed by atoms with Crippen LogP contribution in [-0.4, -0.2) is 11.2 Å². The Morgan fingerprint density at radius 1 is 1.36 bits per heavy atom. The highest BCUT2D eigenvalue weighted by atomic mass is 16.5. The highest BCUT2D eigenvalue weighted by Gasteiger charge is 2.04. The third-order valence-corrected chi connectivity index (χ3v) is 2.57. The Bertz CT molecular complexity index is 254. The first-order valence-corrected chi connectivity index (χ1v) is 5.35. The van der Waals surface area contributed by atoms with E-state index in [-0.39, 0.29) is 0 Å². The summed E-state index contributed by atoms with van der Waals surface area (Å²) in [6.07, 6.45) is 8.46. The second-order valence-corrected chi connectivity index (χ2v) is 3.78. The largest absolute Gasteiger partial charge is 0.341 e.